The molecule has 21 heavy (non-hydrogen) atoms. The Morgan fingerprint density at radius 2 is 1.95 bits per heavy atom. The Morgan fingerprint density at radius 1 is 1.24 bits per heavy atom. The number of hydrogen-bond acceptors (Lipinski definition) is 1. The van der Waals surface area contributed by atoms with Gasteiger partial charge in [-0.1, -0.05) is 59.0 Å². The van der Waals surface area contributed by atoms with Crippen molar-refractivity contribution in [3.05, 3.63) is 34.9 Å². The number of benzene rings is 1. The van der Waals surface area contributed by atoms with Crippen molar-refractivity contribution in [2.24, 2.45) is 0 Å². The third kappa shape index (κ3) is 4.57. The van der Waals surface area contributed by atoms with Crippen molar-refractivity contribution >= 4 is 21.8 Å². The average Bonchev–Trinajstić information content (AvgIpc) is 2.49. The van der Waals surface area contributed by atoms with Gasteiger partial charge in [0.25, 0.3) is 0 Å². The van der Waals surface area contributed by atoms with Crippen molar-refractivity contribution in [1.29, 1.82) is 0 Å². The molecule has 1 aromatic carbocycles. The van der Waals surface area contributed by atoms with Gasteiger partial charge in [0, 0.05) is 17.9 Å². The predicted octanol–water partition coefficient (Wildman–Crippen LogP) is 4.40. The van der Waals surface area contributed by atoms with Crippen LogP contribution in [0.1, 0.15) is 48.8 Å². The second-order valence-electron chi connectivity index (χ2n) is 6.17. The van der Waals surface area contributed by atoms with Crippen LogP contribution in [0.15, 0.2) is 18.2 Å². The fourth-order valence-corrected chi connectivity index (χ4v) is 3.63. The molecule has 0 atom stereocenters. The molecule has 0 unspecified atom stereocenters. The van der Waals surface area contributed by atoms with E-state index in [0.29, 0.717) is 12.5 Å². The summed E-state index contributed by atoms with van der Waals surface area (Å²) in [4.78, 5) is 14.9. The summed E-state index contributed by atoms with van der Waals surface area (Å²) in [6.07, 6.45) is 6.73. The lowest BCUT2D eigenvalue weighted by molar-refractivity contribution is -0.133. The summed E-state index contributed by atoms with van der Waals surface area (Å²) in [5.74, 6) is 0.287. The smallest absolute Gasteiger partial charge is 0.227 e. The lowest BCUT2D eigenvalue weighted by Gasteiger charge is -2.34. The Labute approximate surface area is 137 Å². The SMILES string of the molecule is Cc1ccc(C)c(CC(=O)N(CCBr)C2CCCCC2)c1. The van der Waals surface area contributed by atoms with Crippen LogP contribution in [0, 0.1) is 13.8 Å². The van der Waals surface area contributed by atoms with E-state index >= 15 is 0 Å². The van der Waals surface area contributed by atoms with Gasteiger partial charge in [-0.15, -0.1) is 0 Å². The lowest BCUT2D eigenvalue weighted by Crippen LogP contribution is -2.43. The normalized spacial score (nSPS) is 16.0. The van der Waals surface area contributed by atoms with E-state index in [1.807, 2.05) is 0 Å². The fourth-order valence-electron chi connectivity index (χ4n) is 3.25. The zero-order valence-electron chi connectivity index (χ0n) is 13.2. The first-order valence-corrected chi connectivity index (χ1v) is 9.15. The monoisotopic (exact) mass is 351 g/mol. The third-order valence-corrected chi connectivity index (χ3v) is 4.86. The standard InChI is InChI=1S/C18H26BrNO/c1-14-8-9-15(2)16(12-14)13-18(21)20(11-10-19)17-6-4-3-5-7-17/h8-9,12,17H,3-7,10-11,13H2,1-2H3. The minimum atomic E-state index is 0.287. The van der Waals surface area contributed by atoms with Crippen LogP contribution in [0.5, 0.6) is 0 Å². The topological polar surface area (TPSA) is 20.3 Å². The van der Waals surface area contributed by atoms with Gasteiger partial charge in [-0.25, -0.2) is 0 Å². The van der Waals surface area contributed by atoms with Crippen molar-refractivity contribution in [1.82, 2.24) is 4.90 Å². The predicted molar refractivity (Wildman–Crippen MR) is 92.0 cm³/mol. The van der Waals surface area contributed by atoms with Crippen LogP contribution in [0.3, 0.4) is 0 Å². The van der Waals surface area contributed by atoms with Gasteiger partial charge in [-0.2, -0.15) is 0 Å². The molecule has 1 aliphatic rings. The Hall–Kier alpha value is -0.830. The molecule has 1 fully saturated rings. The highest BCUT2D eigenvalue weighted by Crippen LogP contribution is 2.24. The second kappa shape index (κ2) is 7.98. The molecule has 0 aromatic heterocycles. The Bertz CT molecular complexity index is 480. The number of halogens is 1. The van der Waals surface area contributed by atoms with Gasteiger partial charge >= 0.3 is 0 Å². The molecule has 116 valence electrons. The number of aryl methyl sites for hydroxylation is 2. The first-order chi connectivity index (χ1) is 10.1. The summed E-state index contributed by atoms with van der Waals surface area (Å²) in [6.45, 7) is 5.01. The molecule has 2 nitrogen and oxygen atoms in total. The van der Waals surface area contributed by atoms with Gasteiger partial charge in [-0.05, 0) is 37.8 Å². The minimum absolute atomic E-state index is 0.287. The van der Waals surface area contributed by atoms with Crippen molar-refractivity contribution < 1.29 is 4.79 Å². The Morgan fingerprint density at radius 3 is 2.62 bits per heavy atom. The largest absolute Gasteiger partial charge is 0.339 e. The maximum Gasteiger partial charge on any atom is 0.227 e. The molecule has 3 heteroatoms. The molecule has 1 aliphatic carbocycles. The van der Waals surface area contributed by atoms with Crippen LogP contribution in [-0.2, 0) is 11.2 Å². The maximum absolute atomic E-state index is 12.8. The van der Waals surface area contributed by atoms with E-state index in [1.54, 1.807) is 0 Å². The summed E-state index contributed by atoms with van der Waals surface area (Å²) in [5, 5.41) is 0.863. The molecule has 1 saturated carbocycles. The maximum atomic E-state index is 12.8. The van der Waals surface area contributed by atoms with E-state index < -0.39 is 0 Å². The summed E-state index contributed by atoms with van der Waals surface area (Å²) < 4.78 is 0. The molecule has 0 N–H and O–H groups in total. The minimum Gasteiger partial charge on any atom is -0.339 e. The number of nitrogens with zero attached hydrogens (tertiary/aromatic N) is 1. The molecular formula is C18H26BrNO. The van der Waals surface area contributed by atoms with E-state index in [4.69, 9.17) is 0 Å². The highest BCUT2D eigenvalue weighted by molar-refractivity contribution is 9.09. The Balaban J connectivity index is 2.08. The molecule has 0 spiro atoms. The second-order valence-corrected chi connectivity index (χ2v) is 6.97. The molecule has 0 saturated heterocycles. The van der Waals surface area contributed by atoms with Crippen molar-refractivity contribution in [2.45, 2.75) is 58.4 Å². The number of alkyl halides is 1. The number of carbonyl (C=O) groups excluding carboxylic acids is 1. The van der Waals surface area contributed by atoms with Crippen LogP contribution in [0.25, 0.3) is 0 Å². The first kappa shape index (κ1) is 16.5. The zero-order chi connectivity index (χ0) is 15.2. The molecule has 2 rings (SSSR count). The summed E-state index contributed by atoms with van der Waals surface area (Å²) in [5.41, 5.74) is 3.62. The van der Waals surface area contributed by atoms with Crippen LogP contribution in [0.4, 0.5) is 0 Å². The van der Waals surface area contributed by atoms with Gasteiger partial charge in [-0.3, -0.25) is 4.79 Å². The first-order valence-electron chi connectivity index (χ1n) is 8.03. The van der Waals surface area contributed by atoms with Crippen molar-refractivity contribution in [2.75, 3.05) is 11.9 Å². The molecule has 0 aliphatic heterocycles. The highest BCUT2D eigenvalue weighted by atomic mass is 79.9. The summed E-state index contributed by atoms with van der Waals surface area (Å²) >= 11 is 3.50. The highest BCUT2D eigenvalue weighted by Gasteiger charge is 2.25. The van der Waals surface area contributed by atoms with Gasteiger partial charge in [0.05, 0.1) is 6.42 Å². The van der Waals surface area contributed by atoms with Crippen LogP contribution in [0.2, 0.25) is 0 Å². The van der Waals surface area contributed by atoms with Gasteiger partial charge in [0.2, 0.25) is 5.91 Å². The molecular weight excluding hydrogens is 326 g/mol. The van der Waals surface area contributed by atoms with Crippen molar-refractivity contribution in [3.63, 3.8) is 0 Å². The molecule has 1 amide bonds. The number of hydrogen-bond donors (Lipinski definition) is 0. The average molecular weight is 352 g/mol. The van der Waals surface area contributed by atoms with Gasteiger partial charge in [0.1, 0.15) is 0 Å². The zero-order valence-corrected chi connectivity index (χ0v) is 14.8. The lowest BCUT2D eigenvalue weighted by atomic mass is 9.93. The Kier molecular flexibility index (Phi) is 6.28. The quantitative estimate of drug-likeness (QED) is 0.719. The van der Waals surface area contributed by atoms with Crippen molar-refractivity contribution in [3.8, 4) is 0 Å². The number of amides is 1. The van der Waals surface area contributed by atoms with E-state index in [2.05, 4.69) is 52.9 Å². The van der Waals surface area contributed by atoms with E-state index in [9.17, 15) is 4.79 Å². The molecule has 1 aromatic rings. The fraction of sp³-hybridized carbons (Fsp3) is 0.611. The molecule has 0 heterocycles. The van der Waals surface area contributed by atoms with E-state index in [-0.39, 0.29) is 5.91 Å². The van der Waals surface area contributed by atoms with E-state index in [0.717, 1.165) is 11.9 Å². The van der Waals surface area contributed by atoms with Crippen LogP contribution >= 0.6 is 15.9 Å². The summed E-state index contributed by atoms with van der Waals surface area (Å²) in [7, 11) is 0. The summed E-state index contributed by atoms with van der Waals surface area (Å²) in [6, 6.07) is 6.84. The van der Waals surface area contributed by atoms with E-state index in [1.165, 1.54) is 48.8 Å². The van der Waals surface area contributed by atoms with Gasteiger partial charge in [0.15, 0.2) is 0 Å². The molecule has 0 radical (unpaired) electrons. The molecule has 0 bridgehead atoms. The van der Waals surface area contributed by atoms with Gasteiger partial charge < -0.3 is 4.90 Å². The number of carbonyl (C=O) groups is 1. The number of rotatable bonds is 5. The third-order valence-electron chi connectivity index (χ3n) is 4.51. The van der Waals surface area contributed by atoms with Crippen LogP contribution < -0.4 is 0 Å². The van der Waals surface area contributed by atoms with Crippen LogP contribution in [-0.4, -0.2) is 28.7 Å².